The van der Waals surface area contributed by atoms with E-state index < -0.39 is 0 Å². The van der Waals surface area contributed by atoms with Crippen LogP contribution in [0.1, 0.15) is 23.1 Å². The highest BCUT2D eigenvalue weighted by Crippen LogP contribution is 2.35. The van der Waals surface area contributed by atoms with E-state index >= 15 is 0 Å². The molecule has 1 amide bonds. The molecule has 4 rings (SSSR count). The number of hydrogen-bond donors (Lipinski definition) is 1. The maximum Gasteiger partial charge on any atom is 0.234 e. The van der Waals surface area contributed by atoms with Gasteiger partial charge in [-0.3, -0.25) is 4.79 Å². The second-order valence-electron chi connectivity index (χ2n) is 6.85. The molecule has 2 heterocycles. The van der Waals surface area contributed by atoms with Gasteiger partial charge >= 0.3 is 0 Å². The molecule has 150 valence electrons. The van der Waals surface area contributed by atoms with E-state index in [1.54, 1.807) is 0 Å². The van der Waals surface area contributed by atoms with Crippen LogP contribution in [0.3, 0.4) is 0 Å². The SMILES string of the molecule is Cc1cccc(NC(=O)CSc2nnc(C3COc4ccccc4O3)n2C)c1C. The third kappa shape index (κ3) is 4.07. The molecule has 0 aliphatic carbocycles. The largest absolute Gasteiger partial charge is 0.485 e. The van der Waals surface area contributed by atoms with Crippen LogP contribution in [-0.2, 0) is 11.8 Å². The summed E-state index contributed by atoms with van der Waals surface area (Å²) >= 11 is 1.34. The molecule has 1 aliphatic rings. The number of carbonyl (C=O) groups is 1. The first-order chi connectivity index (χ1) is 14.0. The van der Waals surface area contributed by atoms with Gasteiger partial charge < -0.3 is 19.4 Å². The van der Waals surface area contributed by atoms with Crippen molar-refractivity contribution in [2.75, 3.05) is 17.7 Å². The zero-order valence-corrected chi connectivity index (χ0v) is 17.3. The number of ether oxygens (including phenoxy) is 2. The number of carbonyl (C=O) groups excluding carboxylic acids is 1. The lowest BCUT2D eigenvalue weighted by molar-refractivity contribution is -0.113. The summed E-state index contributed by atoms with van der Waals surface area (Å²) in [5.41, 5.74) is 3.05. The van der Waals surface area contributed by atoms with E-state index in [0.29, 0.717) is 23.3 Å². The first kappa shape index (κ1) is 19.3. The molecule has 0 spiro atoms. The van der Waals surface area contributed by atoms with Crippen molar-refractivity contribution < 1.29 is 14.3 Å². The highest BCUT2D eigenvalue weighted by molar-refractivity contribution is 7.99. The van der Waals surface area contributed by atoms with Gasteiger partial charge in [-0.1, -0.05) is 36.0 Å². The number of nitrogens with one attached hydrogen (secondary N) is 1. The summed E-state index contributed by atoms with van der Waals surface area (Å²) in [6.45, 7) is 4.38. The number of para-hydroxylation sites is 2. The smallest absolute Gasteiger partial charge is 0.234 e. The number of fused-ring (bicyclic) bond motifs is 1. The summed E-state index contributed by atoms with van der Waals surface area (Å²) in [6, 6.07) is 13.4. The van der Waals surface area contributed by atoms with Gasteiger partial charge in [-0.2, -0.15) is 0 Å². The van der Waals surface area contributed by atoms with Crippen molar-refractivity contribution in [3.63, 3.8) is 0 Å². The number of anilines is 1. The van der Waals surface area contributed by atoms with E-state index in [-0.39, 0.29) is 17.8 Å². The van der Waals surface area contributed by atoms with Gasteiger partial charge in [0.05, 0.1) is 5.75 Å². The quantitative estimate of drug-likeness (QED) is 0.647. The van der Waals surface area contributed by atoms with Gasteiger partial charge in [-0.05, 0) is 43.2 Å². The van der Waals surface area contributed by atoms with Crippen LogP contribution in [0.5, 0.6) is 11.5 Å². The first-order valence-corrected chi connectivity index (χ1v) is 10.3. The molecule has 0 bridgehead atoms. The highest BCUT2D eigenvalue weighted by atomic mass is 32.2. The van der Waals surface area contributed by atoms with Crippen molar-refractivity contribution in [1.82, 2.24) is 14.8 Å². The van der Waals surface area contributed by atoms with Crippen molar-refractivity contribution in [2.24, 2.45) is 7.05 Å². The minimum absolute atomic E-state index is 0.0839. The van der Waals surface area contributed by atoms with Gasteiger partial charge in [-0.15, -0.1) is 10.2 Å². The van der Waals surface area contributed by atoms with Gasteiger partial charge in [0.2, 0.25) is 5.91 Å². The molecular weight excluding hydrogens is 388 g/mol. The van der Waals surface area contributed by atoms with Crippen LogP contribution in [0.2, 0.25) is 0 Å². The Morgan fingerprint density at radius 2 is 1.97 bits per heavy atom. The van der Waals surface area contributed by atoms with Gasteiger partial charge in [0.15, 0.2) is 28.6 Å². The van der Waals surface area contributed by atoms with Crippen LogP contribution in [-0.4, -0.2) is 33.0 Å². The van der Waals surface area contributed by atoms with Crippen LogP contribution in [0.15, 0.2) is 47.6 Å². The molecule has 29 heavy (non-hydrogen) atoms. The molecule has 0 fully saturated rings. The van der Waals surface area contributed by atoms with E-state index in [9.17, 15) is 4.79 Å². The Bertz CT molecular complexity index is 1050. The summed E-state index contributed by atoms with van der Waals surface area (Å²) in [6.07, 6.45) is -0.347. The fourth-order valence-corrected chi connectivity index (χ4v) is 3.80. The van der Waals surface area contributed by atoms with Crippen LogP contribution in [0.25, 0.3) is 0 Å². The molecule has 1 aliphatic heterocycles. The number of benzene rings is 2. The summed E-state index contributed by atoms with van der Waals surface area (Å²) in [5.74, 6) is 2.23. The molecule has 1 atom stereocenters. The Morgan fingerprint density at radius 3 is 2.79 bits per heavy atom. The predicted molar refractivity (Wildman–Crippen MR) is 112 cm³/mol. The summed E-state index contributed by atoms with van der Waals surface area (Å²) in [5, 5.41) is 12.1. The number of hydrogen-bond acceptors (Lipinski definition) is 6. The summed E-state index contributed by atoms with van der Waals surface area (Å²) < 4.78 is 13.6. The minimum Gasteiger partial charge on any atom is -0.485 e. The highest BCUT2D eigenvalue weighted by Gasteiger charge is 2.27. The molecule has 7 nitrogen and oxygen atoms in total. The molecule has 0 saturated carbocycles. The number of amides is 1. The third-order valence-electron chi connectivity index (χ3n) is 4.88. The van der Waals surface area contributed by atoms with Crippen molar-refractivity contribution in [3.8, 4) is 11.5 Å². The summed E-state index contributed by atoms with van der Waals surface area (Å²) in [4.78, 5) is 12.4. The predicted octanol–water partition coefficient (Wildman–Crippen LogP) is 3.68. The Labute approximate surface area is 173 Å². The van der Waals surface area contributed by atoms with Gasteiger partial charge in [0.1, 0.15) is 6.61 Å². The Hall–Kier alpha value is -3.00. The van der Waals surface area contributed by atoms with Crippen molar-refractivity contribution in [3.05, 3.63) is 59.4 Å². The molecule has 1 N–H and O–H groups in total. The molecule has 8 heteroatoms. The van der Waals surface area contributed by atoms with Crippen LogP contribution in [0, 0.1) is 13.8 Å². The first-order valence-electron chi connectivity index (χ1n) is 9.29. The van der Waals surface area contributed by atoms with E-state index in [1.807, 2.05) is 67.9 Å². The van der Waals surface area contributed by atoms with Crippen LogP contribution >= 0.6 is 11.8 Å². The van der Waals surface area contributed by atoms with Crippen LogP contribution < -0.4 is 14.8 Å². The van der Waals surface area contributed by atoms with Crippen molar-refractivity contribution in [2.45, 2.75) is 25.1 Å². The van der Waals surface area contributed by atoms with E-state index in [0.717, 1.165) is 22.6 Å². The zero-order chi connectivity index (χ0) is 20.4. The fraction of sp³-hybridized carbons (Fsp3) is 0.286. The Morgan fingerprint density at radius 1 is 1.17 bits per heavy atom. The van der Waals surface area contributed by atoms with Crippen molar-refractivity contribution in [1.29, 1.82) is 0 Å². The summed E-state index contributed by atoms with van der Waals surface area (Å²) in [7, 11) is 1.87. The lowest BCUT2D eigenvalue weighted by atomic mass is 10.1. The van der Waals surface area contributed by atoms with E-state index in [1.165, 1.54) is 11.8 Å². The molecule has 1 unspecified atom stereocenters. The maximum absolute atomic E-state index is 12.4. The second-order valence-corrected chi connectivity index (χ2v) is 7.79. The number of nitrogens with zero attached hydrogens (tertiary/aromatic N) is 3. The average Bonchev–Trinajstić information content (AvgIpc) is 3.10. The number of aryl methyl sites for hydroxylation is 1. The Balaban J connectivity index is 1.39. The average molecular weight is 410 g/mol. The maximum atomic E-state index is 12.4. The third-order valence-corrected chi connectivity index (χ3v) is 5.90. The normalized spacial score (nSPS) is 15.2. The molecule has 2 aromatic carbocycles. The monoisotopic (exact) mass is 410 g/mol. The molecule has 1 aromatic heterocycles. The minimum atomic E-state index is -0.347. The number of thioether (sulfide) groups is 1. The zero-order valence-electron chi connectivity index (χ0n) is 16.5. The van der Waals surface area contributed by atoms with Gasteiger partial charge in [0, 0.05) is 12.7 Å². The van der Waals surface area contributed by atoms with Crippen molar-refractivity contribution >= 4 is 23.4 Å². The topological polar surface area (TPSA) is 78.3 Å². The lowest BCUT2D eigenvalue weighted by Gasteiger charge is -2.25. The molecule has 3 aromatic rings. The second kappa shape index (κ2) is 8.16. The lowest BCUT2D eigenvalue weighted by Crippen LogP contribution is -2.24. The standard InChI is InChI=1S/C21H22N4O3S/c1-13-7-6-8-15(14(13)2)22-19(26)12-29-21-24-23-20(25(21)3)18-11-27-16-9-4-5-10-17(16)28-18/h4-10,18H,11-12H2,1-3H3,(H,22,26). The fourth-order valence-electron chi connectivity index (χ4n) is 3.08. The molecular formula is C21H22N4O3S. The Kier molecular flexibility index (Phi) is 5.44. The molecule has 0 radical (unpaired) electrons. The van der Waals surface area contributed by atoms with Crippen LogP contribution in [0.4, 0.5) is 5.69 Å². The van der Waals surface area contributed by atoms with E-state index in [2.05, 4.69) is 15.5 Å². The molecule has 0 saturated heterocycles. The van der Waals surface area contributed by atoms with Gasteiger partial charge in [0.25, 0.3) is 0 Å². The van der Waals surface area contributed by atoms with Gasteiger partial charge in [-0.25, -0.2) is 0 Å². The number of rotatable bonds is 5. The van der Waals surface area contributed by atoms with E-state index in [4.69, 9.17) is 9.47 Å². The number of aromatic nitrogens is 3.